The maximum Gasteiger partial charge on any atom is 0.133 e. The smallest absolute Gasteiger partial charge is 0.133 e. The van der Waals surface area contributed by atoms with E-state index in [2.05, 4.69) is 68.0 Å². The zero-order valence-corrected chi connectivity index (χ0v) is 15.6. The van der Waals surface area contributed by atoms with Crippen molar-refractivity contribution in [2.24, 2.45) is 0 Å². The van der Waals surface area contributed by atoms with Gasteiger partial charge in [0, 0.05) is 25.6 Å². The summed E-state index contributed by atoms with van der Waals surface area (Å²) < 4.78 is 12.2. The second-order valence-electron chi connectivity index (χ2n) is 6.93. The van der Waals surface area contributed by atoms with Crippen LogP contribution < -0.4 is 10.1 Å². The number of benzene rings is 1. The van der Waals surface area contributed by atoms with Crippen molar-refractivity contribution < 1.29 is 9.47 Å². The zero-order valence-electron chi connectivity index (χ0n) is 14.0. The van der Waals surface area contributed by atoms with Crippen LogP contribution >= 0.6 is 15.9 Å². The maximum atomic E-state index is 5.83. The summed E-state index contributed by atoms with van der Waals surface area (Å²) in [5.74, 6) is 0.876. The highest BCUT2D eigenvalue weighted by Crippen LogP contribution is 2.27. The van der Waals surface area contributed by atoms with Crippen molar-refractivity contribution in [3.63, 3.8) is 0 Å². The van der Waals surface area contributed by atoms with E-state index in [0.29, 0.717) is 6.61 Å². The molecular weight excluding hydrogens is 330 g/mol. The van der Waals surface area contributed by atoms with Crippen LogP contribution in [0.2, 0.25) is 0 Å². The fourth-order valence-corrected chi connectivity index (χ4v) is 2.19. The number of ether oxygens (including phenoxy) is 2. The monoisotopic (exact) mass is 357 g/mol. The molecule has 0 saturated carbocycles. The molecule has 21 heavy (non-hydrogen) atoms. The number of nitrogens with one attached hydrogen (secondary N) is 1. The Morgan fingerprint density at radius 3 is 2.33 bits per heavy atom. The Morgan fingerprint density at radius 2 is 1.81 bits per heavy atom. The third-order valence-electron chi connectivity index (χ3n) is 3.33. The van der Waals surface area contributed by atoms with E-state index in [9.17, 15) is 0 Å². The van der Waals surface area contributed by atoms with E-state index in [4.69, 9.17) is 9.47 Å². The summed E-state index contributed by atoms with van der Waals surface area (Å²) in [6.45, 7) is 12.1. The molecule has 1 N–H and O–H groups in total. The number of rotatable bonds is 7. The lowest BCUT2D eigenvalue weighted by atomic mass is 10.1. The molecule has 0 atom stereocenters. The summed E-state index contributed by atoms with van der Waals surface area (Å²) in [5.41, 5.74) is 1.21. The molecule has 1 rings (SSSR count). The van der Waals surface area contributed by atoms with Crippen LogP contribution in [0.4, 0.5) is 0 Å². The van der Waals surface area contributed by atoms with E-state index in [1.165, 1.54) is 5.56 Å². The standard InChI is InChI=1S/C17H28BrNO2/c1-16(2,3)19-12-13-7-8-15(14(18)11-13)21-10-9-17(4,5)20-6/h7-8,11,19H,9-10,12H2,1-6H3. The van der Waals surface area contributed by atoms with Gasteiger partial charge < -0.3 is 14.8 Å². The summed E-state index contributed by atoms with van der Waals surface area (Å²) in [5, 5.41) is 3.48. The van der Waals surface area contributed by atoms with Crippen molar-refractivity contribution in [3.05, 3.63) is 28.2 Å². The van der Waals surface area contributed by atoms with Gasteiger partial charge in [-0.25, -0.2) is 0 Å². The molecule has 1 aromatic rings. The second kappa shape index (κ2) is 7.61. The van der Waals surface area contributed by atoms with Gasteiger partial charge >= 0.3 is 0 Å². The molecule has 0 fully saturated rings. The summed E-state index contributed by atoms with van der Waals surface area (Å²) in [4.78, 5) is 0. The summed E-state index contributed by atoms with van der Waals surface area (Å²) >= 11 is 3.58. The van der Waals surface area contributed by atoms with Crippen LogP contribution in [0.3, 0.4) is 0 Å². The molecule has 0 aliphatic heterocycles. The van der Waals surface area contributed by atoms with Crippen molar-refractivity contribution in [3.8, 4) is 5.75 Å². The van der Waals surface area contributed by atoms with Crippen LogP contribution in [-0.2, 0) is 11.3 Å². The SMILES string of the molecule is COC(C)(C)CCOc1ccc(CNC(C)(C)C)cc1Br. The van der Waals surface area contributed by atoms with E-state index in [1.54, 1.807) is 7.11 Å². The molecule has 0 aliphatic rings. The van der Waals surface area contributed by atoms with Crippen LogP contribution in [-0.4, -0.2) is 24.9 Å². The van der Waals surface area contributed by atoms with Gasteiger partial charge in [-0.05, 0) is 68.2 Å². The van der Waals surface area contributed by atoms with Gasteiger partial charge in [-0.3, -0.25) is 0 Å². The number of hydrogen-bond acceptors (Lipinski definition) is 3. The Kier molecular flexibility index (Phi) is 6.70. The third-order valence-corrected chi connectivity index (χ3v) is 3.95. The summed E-state index contributed by atoms with van der Waals surface area (Å²) in [7, 11) is 1.73. The van der Waals surface area contributed by atoms with Gasteiger partial charge in [0.1, 0.15) is 5.75 Å². The van der Waals surface area contributed by atoms with Crippen LogP contribution in [0.25, 0.3) is 0 Å². The first-order valence-corrected chi connectivity index (χ1v) is 8.14. The summed E-state index contributed by atoms with van der Waals surface area (Å²) in [6.07, 6.45) is 0.850. The molecule has 0 heterocycles. The molecule has 0 spiro atoms. The van der Waals surface area contributed by atoms with E-state index in [-0.39, 0.29) is 11.1 Å². The largest absolute Gasteiger partial charge is 0.492 e. The molecule has 0 saturated heterocycles. The predicted octanol–water partition coefficient (Wildman–Crippen LogP) is 4.53. The fourth-order valence-electron chi connectivity index (χ4n) is 1.65. The van der Waals surface area contributed by atoms with Gasteiger partial charge in [0.2, 0.25) is 0 Å². The minimum Gasteiger partial charge on any atom is -0.492 e. The van der Waals surface area contributed by atoms with Crippen molar-refractivity contribution in [1.29, 1.82) is 0 Å². The van der Waals surface area contributed by atoms with E-state index in [1.807, 2.05) is 6.07 Å². The Bertz CT molecular complexity index is 453. The number of hydrogen-bond donors (Lipinski definition) is 1. The van der Waals surface area contributed by atoms with Gasteiger partial charge in [0.05, 0.1) is 16.7 Å². The highest BCUT2D eigenvalue weighted by atomic mass is 79.9. The predicted molar refractivity (Wildman–Crippen MR) is 91.9 cm³/mol. The van der Waals surface area contributed by atoms with Gasteiger partial charge in [-0.15, -0.1) is 0 Å². The van der Waals surface area contributed by atoms with Crippen molar-refractivity contribution in [2.45, 2.75) is 58.7 Å². The van der Waals surface area contributed by atoms with Gasteiger partial charge in [0.15, 0.2) is 0 Å². The molecule has 0 bridgehead atoms. The van der Waals surface area contributed by atoms with Crippen LogP contribution in [0, 0.1) is 0 Å². The lowest BCUT2D eigenvalue weighted by molar-refractivity contribution is 0.00539. The van der Waals surface area contributed by atoms with Gasteiger partial charge in [-0.2, -0.15) is 0 Å². The third kappa shape index (κ3) is 7.30. The Hall–Kier alpha value is -0.580. The van der Waals surface area contributed by atoms with Crippen molar-refractivity contribution in [1.82, 2.24) is 5.32 Å². The van der Waals surface area contributed by atoms with Gasteiger partial charge in [-0.1, -0.05) is 6.07 Å². The number of halogens is 1. The molecule has 0 aliphatic carbocycles. The second-order valence-corrected chi connectivity index (χ2v) is 7.78. The Balaban J connectivity index is 2.54. The number of methoxy groups -OCH3 is 1. The molecular formula is C17H28BrNO2. The molecule has 0 radical (unpaired) electrons. The van der Waals surface area contributed by atoms with Crippen LogP contribution in [0.15, 0.2) is 22.7 Å². The quantitative estimate of drug-likeness (QED) is 0.777. The average Bonchev–Trinajstić information content (AvgIpc) is 2.38. The maximum absolute atomic E-state index is 5.83. The normalized spacial score (nSPS) is 12.5. The van der Waals surface area contributed by atoms with E-state index >= 15 is 0 Å². The van der Waals surface area contributed by atoms with Crippen molar-refractivity contribution in [2.75, 3.05) is 13.7 Å². The fraction of sp³-hybridized carbons (Fsp3) is 0.647. The molecule has 4 heteroatoms. The van der Waals surface area contributed by atoms with Gasteiger partial charge in [0.25, 0.3) is 0 Å². The highest BCUT2D eigenvalue weighted by Gasteiger charge is 2.16. The molecule has 1 aromatic carbocycles. The molecule has 120 valence electrons. The van der Waals surface area contributed by atoms with Crippen LogP contribution in [0.5, 0.6) is 5.75 Å². The highest BCUT2D eigenvalue weighted by molar-refractivity contribution is 9.10. The van der Waals surface area contributed by atoms with Crippen molar-refractivity contribution >= 4 is 15.9 Å². The van der Waals surface area contributed by atoms with Crippen LogP contribution in [0.1, 0.15) is 46.6 Å². The molecule has 3 nitrogen and oxygen atoms in total. The van der Waals surface area contributed by atoms with E-state index in [0.717, 1.165) is 23.2 Å². The topological polar surface area (TPSA) is 30.5 Å². The first-order valence-electron chi connectivity index (χ1n) is 7.34. The lowest BCUT2D eigenvalue weighted by Crippen LogP contribution is -2.35. The summed E-state index contributed by atoms with van der Waals surface area (Å²) in [6, 6.07) is 6.22. The zero-order chi connectivity index (χ0) is 16.1. The first kappa shape index (κ1) is 18.5. The van der Waals surface area contributed by atoms with E-state index < -0.39 is 0 Å². The Labute approximate surface area is 137 Å². The molecule has 0 amide bonds. The average molecular weight is 358 g/mol. The molecule has 0 unspecified atom stereocenters. The first-order chi connectivity index (χ1) is 9.63. The molecule has 0 aromatic heterocycles. The minimum atomic E-state index is -0.150. The minimum absolute atomic E-state index is 0.118. The lowest BCUT2D eigenvalue weighted by Gasteiger charge is -2.23. The Morgan fingerprint density at radius 1 is 1.14 bits per heavy atom.